The first-order valence-corrected chi connectivity index (χ1v) is 8.37. The Balaban J connectivity index is 2.23. The molecule has 1 heterocycles. The van der Waals surface area contributed by atoms with Crippen LogP contribution in [0.3, 0.4) is 0 Å². The molecule has 136 valence electrons. The Morgan fingerprint density at radius 3 is 2.64 bits per heavy atom. The molecule has 7 heteroatoms. The molecule has 0 fully saturated rings. The first-order chi connectivity index (χ1) is 11.9. The summed E-state index contributed by atoms with van der Waals surface area (Å²) < 4.78 is 44.5. The van der Waals surface area contributed by atoms with E-state index in [-0.39, 0.29) is 12.6 Å². The van der Waals surface area contributed by atoms with Crippen LogP contribution in [0, 0.1) is 0 Å². The SMILES string of the molecule is CCCCOc1nc(Nc2cccc(CCC)c2)ncc1C(F)(F)F. The molecule has 25 heavy (non-hydrogen) atoms. The molecule has 1 N–H and O–H groups in total. The Morgan fingerprint density at radius 1 is 1.16 bits per heavy atom. The van der Waals surface area contributed by atoms with Gasteiger partial charge in [0.15, 0.2) is 0 Å². The highest BCUT2D eigenvalue weighted by Gasteiger charge is 2.36. The van der Waals surface area contributed by atoms with Crippen molar-refractivity contribution >= 4 is 11.6 Å². The molecule has 0 radical (unpaired) electrons. The van der Waals surface area contributed by atoms with Crippen LogP contribution in [-0.2, 0) is 12.6 Å². The molecule has 0 atom stereocenters. The summed E-state index contributed by atoms with van der Waals surface area (Å²) in [5, 5.41) is 2.94. The zero-order valence-corrected chi connectivity index (χ0v) is 14.4. The largest absolute Gasteiger partial charge is 0.477 e. The second-order valence-electron chi connectivity index (χ2n) is 5.69. The third kappa shape index (κ3) is 5.62. The zero-order chi connectivity index (χ0) is 18.3. The lowest BCUT2D eigenvalue weighted by atomic mass is 10.1. The van der Waals surface area contributed by atoms with E-state index < -0.39 is 17.6 Å². The Kier molecular flexibility index (Phi) is 6.61. The van der Waals surface area contributed by atoms with Gasteiger partial charge in [0, 0.05) is 11.9 Å². The summed E-state index contributed by atoms with van der Waals surface area (Å²) in [4.78, 5) is 7.70. The van der Waals surface area contributed by atoms with E-state index in [1.165, 1.54) is 0 Å². The quantitative estimate of drug-likeness (QED) is 0.648. The fourth-order valence-corrected chi connectivity index (χ4v) is 2.27. The molecule has 1 aromatic heterocycles. The number of hydrogen-bond donors (Lipinski definition) is 1. The molecular formula is C18H22F3N3O. The van der Waals surface area contributed by atoms with E-state index in [0.717, 1.165) is 36.7 Å². The third-order valence-electron chi connectivity index (χ3n) is 3.52. The lowest BCUT2D eigenvalue weighted by Crippen LogP contribution is -2.13. The van der Waals surface area contributed by atoms with Gasteiger partial charge in [-0.25, -0.2) is 4.98 Å². The number of hydrogen-bond acceptors (Lipinski definition) is 4. The van der Waals surface area contributed by atoms with Crippen molar-refractivity contribution < 1.29 is 17.9 Å². The molecular weight excluding hydrogens is 331 g/mol. The predicted molar refractivity (Wildman–Crippen MR) is 91.2 cm³/mol. The van der Waals surface area contributed by atoms with Crippen molar-refractivity contribution in [2.75, 3.05) is 11.9 Å². The number of ether oxygens (including phenoxy) is 1. The minimum absolute atomic E-state index is 0.0770. The zero-order valence-electron chi connectivity index (χ0n) is 14.4. The van der Waals surface area contributed by atoms with Crippen molar-refractivity contribution in [1.82, 2.24) is 9.97 Å². The average molecular weight is 353 g/mol. The van der Waals surface area contributed by atoms with Gasteiger partial charge in [-0.2, -0.15) is 18.2 Å². The van der Waals surface area contributed by atoms with Crippen LogP contribution < -0.4 is 10.1 Å². The van der Waals surface area contributed by atoms with E-state index in [2.05, 4.69) is 22.2 Å². The highest BCUT2D eigenvalue weighted by molar-refractivity contribution is 5.55. The summed E-state index contributed by atoms with van der Waals surface area (Å²) in [6.45, 7) is 4.20. The Bertz CT molecular complexity index is 690. The monoisotopic (exact) mass is 353 g/mol. The van der Waals surface area contributed by atoms with E-state index in [4.69, 9.17) is 4.74 Å². The van der Waals surface area contributed by atoms with E-state index in [1.807, 2.05) is 31.2 Å². The first-order valence-electron chi connectivity index (χ1n) is 8.37. The molecule has 0 bridgehead atoms. The third-order valence-corrected chi connectivity index (χ3v) is 3.52. The molecule has 0 aliphatic heterocycles. The van der Waals surface area contributed by atoms with Crippen molar-refractivity contribution in [2.24, 2.45) is 0 Å². The summed E-state index contributed by atoms with van der Waals surface area (Å²) in [7, 11) is 0. The molecule has 0 unspecified atom stereocenters. The number of rotatable bonds is 8. The summed E-state index contributed by atoms with van der Waals surface area (Å²) in [6.07, 6.45) is -0.386. The molecule has 4 nitrogen and oxygen atoms in total. The molecule has 0 aliphatic rings. The van der Waals surface area contributed by atoms with Crippen LogP contribution in [0.4, 0.5) is 24.8 Å². The van der Waals surface area contributed by atoms with Crippen LogP contribution >= 0.6 is 0 Å². The Hall–Kier alpha value is -2.31. The van der Waals surface area contributed by atoms with Crippen LogP contribution in [0.1, 0.15) is 44.2 Å². The van der Waals surface area contributed by atoms with Gasteiger partial charge in [-0.3, -0.25) is 0 Å². The van der Waals surface area contributed by atoms with Crippen molar-refractivity contribution in [3.8, 4) is 5.88 Å². The maximum atomic E-state index is 13.1. The first kappa shape index (κ1) is 19.0. The van der Waals surface area contributed by atoms with Crippen LogP contribution in [-0.4, -0.2) is 16.6 Å². The summed E-state index contributed by atoms with van der Waals surface area (Å²) >= 11 is 0. The Labute approximate surface area is 145 Å². The molecule has 0 spiro atoms. The average Bonchev–Trinajstić information content (AvgIpc) is 2.55. The van der Waals surface area contributed by atoms with Crippen molar-refractivity contribution in [1.29, 1.82) is 0 Å². The topological polar surface area (TPSA) is 47.0 Å². The number of anilines is 2. The summed E-state index contributed by atoms with van der Waals surface area (Å²) in [5.74, 6) is -0.365. The van der Waals surface area contributed by atoms with Crippen molar-refractivity contribution in [3.63, 3.8) is 0 Å². The van der Waals surface area contributed by atoms with Crippen molar-refractivity contribution in [3.05, 3.63) is 41.6 Å². The maximum absolute atomic E-state index is 13.1. The smallest absolute Gasteiger partial charge is 0.423 e. The number of aryl methyl sites for hydroxylation is 1. The summed E-state index contributed by atoms with van der Waals surface area (Å²) in [5.41, 5.74) is 0.901. The van der Waals surface area contributed by atoms with E-state index in [9.17, 15) is 13.2 Å². The van der Waals surface area contributed by atoms with Gasteiger partial charge >= 0.3 is 6.18 Å². The molecule has 0 saturated carbocycles. The predicted octanol–water partition coefficient (Wildman–Crippen LogP) is 5.37. The van der Waals surface area contributed by atoms with Gasteiger partial charge in [0.05, 0.1) is 6.61 Å². The number of unbranched alkanes of at least 4 members (excludes halogenated alkanes) is 1. The highest BCUT2D eigenvalue weighted by Crippen LogP contribution is 2.35. The van der Waals surface area contributed by atoms with Gasteiger partial charge in [-0.05, 0) is 30.5 Å². The van der Waals surface area contributed by atoms with Crippen molar-refractivity contribution in [2.45, 2.75) is 45.7 Å². The standard InChI is InChI=1S/C18H22F3N3O/c1-3-5-10-25-16-15(18(19,20)21)12-22-17(24-16)23-14-9-6-8-13(11-14)7-4-2/h6,8-9,11-12H,3-5,7,10H2,1-2H3,(H,22,23,24). The molecule has 0 amide bonds. The molecule has 2 aromatic rings. The highest BCUT2D eigenvalue weighted by atomic mass is 19.4. The lowest BCUT2D eigenvalue weighted by molar-refractivity contribution is -0.139. The van der Waals surface area contributed by atoms with Gasteiger partial charge in [-0.15, -0.1) is 0 Å². The second kappa shape index (κ2) is 8.69. The fraction of sp³-hybridized carbons (Fsp3) is 0.444. The van der Waals surface area contributed by atoms with Crippen LogP contribution in [0.25, 0.3) is 0 Å². The lowest BCUT2D eigenvalue weighted by Gasteiger charge is -2.14. The number of benzene rings is 1. The molecule has 0 aliphatic carbocycles. The van der Waals surface area contributed by atoms with Gasteiger partial charge in [0.2, 0.25) is 11.8 Å². The number of halogens is 3. The summed E-state index contributed by atoms with van der Waals surface area (Å²) in [6, 6.07) is 7.64. The van der Waals surface area contributed by atoms with Gasteiger partial charge in [-0.1, -0.05) is 38.8 Å². The van der Waals surface area contributed by atoms with E-state index in [1.54, 1.807) is 0 Å². The minimum atomic E-state index is -4.55. The number of alkyl halides is 3. The van der Waals surface area contributed by atoms with Gasteiger partial charge in [0.25, 0.3) is 0 Å². The fourth-order valence-electron chi connectivity index (χ4n) is 2.27. The Morgan fingerprint density at radius 2 is 1.96 bits per heavy atom. The molecule has 0 saturated heterocycles. The van der Waals surface area contributed by atoms with Gasteiger partial charge in [0.1, 0.15) is 5.56 Å². The number of nitrogens with zero attached hydrogens (tertiary/aromatic N) is 2. The second-order valence-corrected chi connectivity index (χ2v) is 5.69. The normalized spacial score (nSPS) is 11.4. The van der Waals surface area contributed by atoms with Gasteiger partial charge < -0.3 is 10.1 Å². The minimum Gasteiger partial charge on any atom is -0.477 e. The van der Waals surface area contributed by atoms with E-state index in [0.29, 0.717) is 6.42 Å². The number of aromatic nitrogens is 2. The van der Waals surface area contributed by atoms with Crippen LogP contribution in [0.5, 0.6) is 5.88 Å². The maximum Gasteiger partial charge on any atom is 0.423 e. The van der Waals surface area contributed by atoms with E-state index >= 15 is 0 Å². The van der Waals surface area contributed by atoms with Crippen LogP contribution in [0.15, 0.2) is 30.5 Å². The number of nitrogens with one attached hydrogen (secondary N) is 1. The molecule has 1 aromatic carbocycles. The molecule has 2 rings (SSSR count). The van der Waals surface area contributed by atoms with Crippen LogP contribution in [0.2, 0.25) is 0 Å².